The van der Waals surface area contributed by atoms with E-state index in [1.54, 1.807) is 0 Å². The van der Waals surface area contributed by atoms with Crippen molar-refractivity contribution >= 4 is 43.5 Å². The Morgan fingerprint density at radius 1 is 0.725 bits per heavy atom. The maximum absolute atomic E-state index is 9.77. The van der Waals surface area contributed by atoms with Gasteiger partial charge in [0, 0.05) is 4.47 Å². The number of benzene rings is 4. The summed E-state index contributed by atoms with van der Waals surface area (Å²) < 4.78 is 25.7. The van der Waals surface area contributed by atoms with Gasteiger partial charge in [-0.3, -0.25) is 0 Å². The molecule has 0 spiro atoms. The van der Waals surface area contributed by atoms with Crippen molar-refractivity contribution < 1.29 is 18.9 Å². The molecule has 0 N–H and O–H groups in total. The predicted octanol–water partition coefficient (Wildman–Crippen LogP) is 9.23. The first kappa shape index (κ1) is 29.3. The topological polar surface area (TPSA) is 60.7 Å². The van der Waals surface area contributed by atoms with Gasteiger partial charge in [-0.15, -0.1) is 0 Å². The normalized spacial score (nSPS) is 11.0. The minimum Gasteiger partial charge on any atom is -0.490 e. The van der Waals surface area contributed by atoms with Gasteiger partial charge in [-0.2, -0.15) is 5.26 Å². The van der Waals surface area contributed by atoms with Crippen LogP contribution in [0.3, 0.4) is 0 Å². The van der Waals surface area contributed by atoms with Gasteiger partial charge in [0.1, 0.15) is 13.2 Å². The van der Waals surface area contributed by atoms with Crippen LogP contribution in [0, 0.1) is 11.3 Å². The Hall–Kier alpha value is -3.73. The lowest BCUT2D eigenvalue weighted by Crippen LogP contribution is -2.03. The van der Waals surface area contributed by atoms with Crippen LogP contribution in [-0.2, 0) is 13.2 Å². The number of halogens is 2. The third-order valence-corrected chi connectivity index (χ3v) is 6.96. The summed E-state index contributed by atoms with van der Waals surface area (Å²) in [6.07, 6.45) is 1.84. The molecular weight excluding hydrogens is 634 g/mol. The summed E-state index contributed by atoms with van der Waals surface area (Å²) in [6.45, 7) is 5.61. The zero-order valence-corrected chi connectivity index (χ0v) is 25.5. The second-order valence-corrected chi connectivity index (χ2v) is 10.5. The number of allylic oxidation sites excluding steroid dienone is 1. The average molecular weight is 663 g/mol. The number of nitrogens with zero attached hydrogens (tertiary/aromatic N) is 1. The molecule has 0 heterocycles. The highest BCUT2D eigenvalue weighted by Crippen LogP contribution is 2.39. The fourth-order valence-electron chi connectivity index (χ4n) is 3.97. The molecule has 4 aromatic carbocycles. The third-order valence-electron chi connectivity index (χ3n) is 5.85. The van der Waals surface area contributed by atoms with Crippen molar-refractivity contribution in [1.82, 2.24) is 0 Å². The Morgan fingerprint density at radius 3 is 2.12 bits per heavy atom. The van der Waals surface area contributed by atoms with E-state index in [-0.39, 0.29) is 0 Å². The molecule has 0 saturated carbocycles. The smallest absolute Gasteiger partial charge is 0.175 e. The van der Waals surface area contributed by atoms with Gasteiger partial charge >= 0.3 is 0 Å². The molecule has 7 heteroatoms. The number of hydrogen-bond donors (Lipinski definition) is 0. The van der Waals surface area contributed by atoms with Gasteiger partial charge in [0.2, 0.25) is 0 Å². The van der Waals surface area contributed by atoms with Gasteiger partial charge in [0.05, 0.1) is 29.3 Å². The van der Waals surface area contributed by atoms with Crippen LogP contribution in [0.1, 0.15) is 36.1 Å². The molecule has 0 radical (unpaired) electrons. The molecule has 0 aromatic heterocycles. The largest absolute Gasteiger partial charge is 0.490 e. The van der Waals surface area contributed by atoms with Crippen LogP contribution in [0.2, 0.25) is 0 Å². The fourth-order valence-corrected chi connectivity index (χ4v) is 4.81. The molecule has 0 saturated heterocycles. The summed E-state index contributed by atoms with van der Waals surface area (Å²) in [7, 11) is 0. The van der Waals surface area contributed by atoms with Crippen LogP contribution in [0.5, 0.6) is 23.0 Å². The van der Waals surface area contributed by atoms with Gasteiger partial charge in [-0.1, -0.05) is 64.5 Å². The minimum absolute atomic E-state index is 0.301. The molecule has 0 fully saturated rings. The molecule has 0 aliphatic heterocycles. The second kappa shape index (κ2) is 14.6. The van der Waals surface area contributed by atoms with E-state index < -0.39 is 0 Å². The van der Waals surface area contributed by atoms with Crippen molar-refractivity contribution in [3.63, 3.8) is 0 Å². The SMILES string of the molecule is CCOc1cc(COc2c(Br)cc(/C=C(\C#N)c3ccc(Br)cc3)cc2OCC)ccc1OCc1ccccc1. The lowest BCUT2D eigenvalue weighted by Gasteiger charge is -2.16. The minimum atomic E-state index is 0.301. The van der Waals surface area contributed by atoms with E-state index in [2.05, 4.69) is 37.9 Å². The molecule has 0 aliphatic rings. The number of hydrogen-bond acceptors (Lipinski definition) is 5. The number of ether oxygens (including phenoxy) is 4. The average Bonchev–Trinajstić information content (AvgIpc) is 2.96. The van der Waals surface area contributed by atoms with Crippen LogP contribution < -0.4 is 18.9 Å². The van der Waals surface area contributed by atoms with Crippen molar-refractivity contribution in [1.29, 1.82) is 5.26 Å². The molecule has 0 bridgehead atoms. The second-order valence-electron chi connectivity index (χ2n) is 8.72. The molecule has 0 unspecified atom stereocenters. The zero-order valence-electron chi connectivity index (χ0n) is 22.3. The summed E-state index contributed by atoms with van der Waals surface area (Å²) in [5.41, 5.74) is 4.22. The van der Waals surface area contributed by atoms with Crippen LogP contribution in [0.25, 0.3) is 11.6 Å². The van der Waals surface area contributed by atoms with Gasteiger partial charge in [0.25, 0.3) is 0 Å². The molecule has 40 heavy (non-hydrogen) atoms. The summed E-state index contributed by atoms with van der Waals surface area (Å²) in [6, 6.07) is 29.6. The van der Waals surface area contributed by atoms with E-state index in [4.69, 9.17) is 18.9 Å². The van der Waals surface area contributed by atoms with Crippen molar-refractivity contribution in [2.45, 2.75) is 27.1 Å². The fraction of sp³-hybridized carbons (Fsp3) is 0.182. The Morgan fingerprint density at radius 2 is 1.43 bits per heavy atom. The van der Waals surface area contributed by atoms with E-state index in [1.165, 1.54) is 0 Å². The third kappa shape index (κ3) is 7.91. The van der Waals surface area contributed by atoms with Crippen molar-refractivity contribution in [3.05, 3.63) is 116 Å². The van der Waals surface area contributed by atoms with Crippen LogP contribution >= 0.6 is 31.9 Å². The van der Waals surface area contributed by atoms with Gasteiger partial charge in [-0.05, 0) is 94.5 Å². The highest BCUT2D eigenvalue weighted by Gasteiger charge is 2.14. The first-order valence-electron chi connectivity index (χ1n) is 12.9. The summed E-state index contributed by atoms with van der Waals surface area (Å²) in [5.74, 6) is 2.52. The van der Waals surface area contributed by atoms with Crippen molar-refractivity contribution in [2.75, 3.05) is 13.2 Å². The summed E-state index contributed by atoms with van der Waals surface area (Å²) >= 11 is 7.08. The Kier molecular flexibility index (Phi) is 10.7. The number of nitriles is 1. The Bertz CT molecular complexity index is 1500. The molecule has 5 nitrogen and oxygen atoms in total. The number of rotatable bonds is 12. The van der Waals surface area contributed by atoms with E-state index >= 15 is 0 Å². The van der Waals surface area contributed by atoms with Crippen LogP contribution in [-0.4, -0.2) is 13.2 Å². The van der Waals surface area contributed by atoms with Crippen molar-refractivity contribution in [2.24, 2.45) is 0 Å². The van der Waals surface area contributed by atoms with Crippen molar-refractivity contribution in [3.8, 4) is 29.1 Å². The molecule has 204 valence electrons. The quantitative estimate of drug-likeness (QED) is 0.112. The predicted molar refractivity (Wildman–Crippen MR) is 166 cm³/mol. The highest BCUT2D eigenvalue weighted by molar-refractivity contribution is 9.10. The molecule has 0 atom stereocenters. The van der Waals surface area contributed by atoms with Gasteiger partial charge < -0.3 is 18.9 Å². The molecule has 4 aromatic rings. The van der Waals surface area contributed by atoms with E-state index in [9.17, 15) is 5.26 Å². The standard InChI is InChI=1S/C33H29Br2NO4/c1-3-37-31-18-24(10-15-30(31)39-21-23-8-6-5-7-9-23)22-40-33-29(35)17-25(19-32(33)38-4-2)16-27(20-36)26-11-13-28(34)14-12-26/h5-19H,3-4,21-22H2,1-2H3/b27-16+. The van der Waals surface area contributed by atoms with Gasteiger partial charge in [-0.25, -0.2) is 0 Å². The summed E-state index contributed by atoms with van der Waals surface area (Å²) in [5, 5.41) is 9.77. The Balaban J connectivity index is 1.53. The zero-order chi connectivity index (χ0) is 28.3. The monoisotopic (exact) mass is 661 g/mol. The van der Waals surface area contributed by atoms with Gasteiger partial charge in [0.15, 0.2) is 23.0 Å². The lowest BCUT2D eigenvalue weighted by molar-refractivity contribution is 0.260. The Labute approximate surface area is 252 Å². The maximum Gasteiger partial charge on any atom is 0.175 e. The lowest BCUT2D eigenvalue weighted by atomic mass is 10.0. The summed E-state index contributed by atoms with van der Waals surface area (Å²) in [4.78, 5) is 0. The van der Waals surface area contributed by atoms with E-state index in [1.807, 2.05) is 105 Å². The molecule has 0 aliphatic carbocycles. The molecular formula is C33H29Br2NO4. The maximum atomic E-state index is 9.77. The van der Waals surface area contributed by atoms with E-state index in [0.29, 0.717) is 55.0 Å². The first-order valence-corrected chi connectivity index (χ1v) is 14.5. The van der Waals surface area contributed by atoms with Crippen LogP contribution in [0.4, 0.5) is 0 Å². The molecule has 4 rings (SSSR count). The van der Waals surface area contributed by atoms with Crippen LogP contribution in [0.15, 0.2) is 93.9 Å². The first-order chi connectivity index (χ1) is 19.5. The highest BCUT2D eigenvalue weighted by atomic mass is 79.9. The van der Waals surface area contributed by atoms with E-state index in [0.717, 1.165) is 31.2 Å². The molecule has 0 amide bonds.